The van der Waals surface area contributed by atoms with E-state index >= 15 is 0 Å². The molecular weight excluding hydrogens is 486 g/mol. The number of aliphatic hydroxyl groups is 4. The number of fused-ring (bicyclic) bond motifs is 3. The van der Waals surface area contributed by atoms with Gasteiger partial charge >= 0.3 is 5.97 Å². The van der Waals surface area contributed by atoms with Gasteiger partial charge in [0.2, 0.25) is 0 Å². The van der Waals surface area contributed by atoms with Crippen LogP contribution >= 0.6 is 0 Å². The fourth-order valence-corrected chi connectivity index (χ4v) is 8.20. The first kappa shape index (κ1) is 25.4. The summed E-state index contributed by atoms with van der Waals surface area (Å²) in [7, 11) is 0. The number of para-hydroxylation sites is 1. The second-order valence-corrected chi connectivity index (χ2v) is 12.2. The first-order chi connectivity index (χ1) is 18.0. The van der Waals surface area contributed by atoms with Crippen molar-refractivity contribution in [3.05, 3.63) is 65.5 Å². The molecule has 2 aromatic rings. The molecule has 202 valence electrons. The maximum Gasteiger partial charge on any atom is 0.359 e. The first-order valence-electron chi connectivity index (χ1n) is 13.3. The predicted molar refractivity (Wildman–Crippen MR) is 137 cm³/mol. The van der Waals surface area contributed by atoms with Crippen LogP contribution < -0.4 is 0 Å². The fourth-order valence-electron chi connectivity index (χ4n) is 8.20. The Balaban J connectivity index is 1.43. The predicted octanol–water partition coefficient (Wildman–Crippen LogP) is 2.05. The monoisotopic (exact) mass is 521 g/mol. The van der Waals surface area contributed by atoms with Gasteiger partial charge in [-0.25, -0.2) is 9.48 Å². The van der Waals surface area contributed by atoms with E-state index < -0.39 is 41.9 Å². The molecule has 2 fully saturated rings. The first-order valence-corrected chi connectivity index (χ1v) is 13.3. The molecule has 1 aromatic heterocycles. The molecule has 0 radical (unpaired) electrons. The number of carbonyl (C=O) groups excluding carboxylic acids is 1. The summed E-state index contributed by atoms with van der Waals surface area (Å²) in [6.45, 7) is 7.61. The van der Waals surface area contributed by atoms with Gasteiger partial charge in [0, 0.05) is 5.92 Å². The van der Waals surface area contributed by atoms with Crippen molar-refractivity contribution in [2.75, 3.05) is 6.61 Å². The van der Waals surface area contributed by atoms with Gasteiger partial charge < -0.3 is 25.2 Å². The van der Waals surface area contributed by atoms with Crippen molar-refractivity contribution in [2.24, 2.45) is 34.5 Å². The van der Waals surface area contributed by atoms with Crippen molar-refractivity contribution in [2.45, 2.75) is 58.0 Å². The number of hydrogen-bond acceptors (Lipinski definition) is 8. The number of rotatable bonds is 4. The van der Waals surface area contributed by atoms with Crippen LogP contribution in [0.5, 0.6) is 0 Å². The second kappa shape index (κ2) is 8.32. The highest BCUT2D eigenvalue weighted by Gasteiger charge is 2.76. The SMILES string of the molecule is CC1=CC23C(C)CC4C(C(C=C(CO)C(O)C2(O)C1OC(=O)c1cnnn1-c1ccccc1)C3O)C4(C)C. The summed E-state index contributed by atoms with van der Waals surface area (Å²) in [5.74, 6) is -0.902. The van der Waals surface area contributed by atoms with Crippen molar-refractivity contribution in [3.63, 3.8) is 0 Å². The molecule has 0 amide bonds. The van der Waals surface area contributed by atoms with Crippen LogP contribution in [0, 0.1) is 34.5 Å². The summed E-state index contributed by atoms with van der Waals surface area (Å²) in [5.41, 5.74) is -1.94. The molecule has 2 saturated carbocycles. The van der Waals surface area contributed by atoms with E-state index in [4.69, 9.17) is 4.74 Å². The Morgan fingerprint density at radius 1 is 1.21 bits per heavy atom. The van der Waals surface area contributed by atoms with Gasteiger partial charge in [0.1, 0.15) is 11.7 Å². The minimum absolute atomic E-state index is 0.00192. The molecule has 0 aliphatic heterocycles. The lowest BCUT2D eigenvalue weighted by Crippen LogP contribution is -2.66. The molecule has 9 atom stereocenters. The molecule has 4 N–H and O–H groups in total. The fraction of sp³-hybridized carbons (Fsp3) is 0.552. The molecule has 9 unspecified atom stereocenters. The molecule has 38 heavy (non-hydrogen) atoms. The summed E-state index contributed by atoms with van der Waals surface area (Å²) < 4.78 is 7.34. The highest BCUT2D eigenvalue weighted by atomic mass is 16.6. The molecule has 9 heteroatoms. The summed E-state index contributed by atoms with van der Waals surface area (Å²) in [5, 5.41) is 54.5. The van der Waals surface area contributed by atoms with Crippen LogP contribution in [0.3, 0.4) is 0 Å². The number of aliphatic hydroxyl groups excluding tert-OH is 3. The van der Waals surface area contributed by atoms with Crippen LogP contribution in [-0.4, -0.2) is 71.9 Å². The Bertz CT molecular complexity index is 1330. The second-order valence-electron chi connectivity index (χ2n) is 12.2. The van der Waals surface area contributed by atoms with E-state index in [0.29, 0.717) is 17.2 Å². The van der Waals surface area contributed by atoms with Crippen LogP contribution in [0.4, 0.5) is 0 Å². The number of aromatic nitrogens is 3. The van der Waals surface area contributed by atoms with E-state index in [1.54, 1.807) is 25.1 Å². The number of nitrogens with zero attached hydrogens (tertiary/aromatic N) is 3. The molecule has 4 aliphatic carbocycles. The number of esters is 1. The van der Waals surface area contributed by atoms with Gasteiger partial charge in [0.05, 0.1) is 30.0 Å². The third-order valence-electron chi connectivity index (χ3n) is 10.1. The molecular formula is C29H35N3O6. The third kappa shape index (κ3) is 3.10. The van der Waals surface area contributed by atoms with Crippen LogP contribution in [0.25, 0.3) is 5.69 Å². The van der Waals surface area contributed by atoms with Gasteiger partial charge in [-0.05, 0) is 59.8 Å². The maximum atomic E-state index is 13.5. The third-order valence-corrected chi connectivity index (χ3v) is 10.1. The summed E-state index contributed by atoms with van der Waals surface area (Å²) >= 11 is 0. The van der Waals surface area contributed by atoms with Crippen LogP contribution in [0.15, 0.2) is 59.8 Å². The number of benzene rings is 1. The highest BCUT2D eigenvalue weighted by Crippen LogP contribution is 2.72. The van der Waals surface area contributed by atoms with Crippen molar-refractivity contribution >= 4 is 5.97 Å². The van der Waals surface area contributed by atoms with E-state index in [9.17, 15) is 25.2 Å². The number of hydrogen-bond donors (Lipinski definition) is 4. The number of carbonyl (C=O) groups is 1. The summed E-state index contributed by atoms with van der Waals surface area (Å²) in [6, 6.07) is 9.02. The Morgan fingerprint density at radius 3 is 2.61 bits per heavy atom. The van der Waals surface area contributed by atoms with Gasteiger partial charge in [-0.3, -0.25) is 0 Å². The molecule has 0 saturated heterocycles. The summed E-state index contributed by atoms with van der Waals surface area (Å²) in [4.78, 5) is 13.5. The molecule has 1 heterocycles. The Kier molecular flexibility index (Phi) is 5.57. The van der Waals surface area contributed by atoms with E-state index in [2.05, 4.69) is 24.2 Å². The van der Waals surface area contributed by atoms with Gasteiger partial charge in [0.25, 0.3) is 0 Å². The zero-order valence-corrected chi connectivity index (χ0v) is 22.0. The molecule has 2 bridgehead atoms. The Labute approximate surface area is 221 Å². The average molecular weight is 522 g/mol. The largest absolute Gasteiger partial charge is 0.450 e. The zero-order chi connectivity index (χ0) is 27.2. The van der Waals surface area contributed by atoms with E-state index in [1.807, 2.05) is 31.2 Å². The smallest absolute Gasteiger partial charge is 0.359 e. The van der Waals surface area contributed by atoms with Crippen molar-refractivity contribution in [1.29, 1.82) is 0 Å². The van der Waals surface area contributed by atoms with Gasteiger partial charge in [-0.15, -0.1) is 5.10 Å². The molecule has 9 nitrogen and oxygen atoms in total. The molecule has 1 aromatic carbocycles. The normalized spacial score (nSPS) is 40.7. The average Bonchev–Trinajstić information content (AvgIpc) is 3.20. The minimum Gasteiger partial charge on any atom is -0.450 e. The van der Waals surface area contributed by atoms with Gasteiger partial charge in [-0.1, -0.05) is 56.3 Å². The summed E-state index contributed by atoms with van der Waals surface area (Å²) in [6.07, 6.45) is 1.74. The quantitative estimate of drug-likeness (QED) is 0.354. The molecule has 6 rings (SSSR count). The zero-order valence-electron chi connectivity index (χ0n) is 22.0. The number of ether oxygens (including phenoxy) is 1. The van der Waals surface area contributed by atoms with E-state index in [-0.39, 0.29) is 34.4 Å². The van der Waals surface area contributed by atoms with E-state index in [1.165, 1.54) is 10.9 Å². The standard InChI is InChI=1S/C29H35N3O6/c1-15-12-28-16(2)10-20-22(27(20,3)4)19(24(28)35)11-17(14-33)23(34)29(28,37)25(15)38-26(36)21-13-30-31-32(21)18-8-6-5-7-9-18/h5-9,11-13,16,19-20,22-25,33-35,37H,10,14H2,1-4H3. The lowest BCUT2D eigenvalue weighted by molar-refractivity contribution is -0.215. The Morgan fingerprint density at radius 2 is 1.92 bits per heavy atom. The van der Waals surface area contributed by atoms with Crippen LogP contribution in [0.2, 0.25) is 0 Å². The minimum atomic E-state index is -2.10. The van der Waals surface area contributed by atoms with Gasteiger partial charge in [-0.2, -0.15) is 0 Å². The van der Waals surface area contributed by atoms with Crippen molar-refractivity contribution < 1.29 is 30.0 Å². The molecule has 4 aliphatic rings. The van der Waals surface area contributed by atoms with Crippen LogP contribution in [0.1, 0.15) is 44.6 Å². The van der Waals surface area contributed by atoms with Crippen LogP contribution in [-0.2, 0) is 4.74 Å². The van der Waals surface area contributed by atoms with Gasteiger partial charge in [0.15, 0.2) is 11.8 Å². The van der Waals surface area contributed by atoms with E-state index in [0.717, 1.165) is 6.42 Å². The Hall–Kier alpha value is -2.85. The lowest BCUT2D eigenvalue weighted by atomic mass is 9.58. The lowest BCUT2D eigenvalue weighted by Gasteiger charge is -2.52. The maximum absolute atomic E-state index is 13.5. The van der Waals surface area contributed by atoms with Crippen molar-refractivity contribution in [3.8, 4) is 5.69 Å². The molecule has 1 spiro atoms. The van der Waals surface area contributed by atoms with Crippen molar-refractivity contribution in [1.82, 2.24) is 15.0 Å². The highest BCUT2D eigenvalue weighted by molar-refractivity contribution is 5.88. The topological polar surface area (TPSA) is 138 Å².